The summed E-state index contributed by atoms with van der Waals surface area (Å²) in [6.07, 6.45) is 4.34. The highest BCUT2D eigenvalue weighted by Crippen LogP contribution is 2.20. The van der Waals surface area contributed by atoms with Crippen molar-refractivity contribution < 1.29 is 0 Å². The third-order valence-electron chi connectivity index (χ3n) is 2.14. The molecule has 1 rings (SSSR count). The molecule has 0 aliphatic rings. The molecule has 13 heavy (non-hydrogen) atoms. The summed E-state index contributed by atoms with van der Waals surface area (Å²) in [5.74, 6) is 0. The number of nitrogens with zero attached hydrogens (tertiary/aromatic N) is 1. The van der Waals surface area contributed by atoms with Crippen LogP contribution in [0.1, 0.15) is 38.4 Å². The van der Waals surface area contributed by atoms with Gasteiger partial charge in [0.1, 0.15) is 0 Å². The van der Waals surface area contributed by atoms with Gasteiger partial charge < -0.3 is 0 Å². The zero-order valence-electron chi connectivity index (χ0n) is 9.09. The Bertz CT molecular complexity index is 253. The fourth-order valence-corrected chi connectivity index (χ4v) is 1.17. The van der Waals surface area contributed by atoms with Crippen molar-refractivity contribution in [2.75, 3.05) is 0 Å². The smallest absolute Gasteiger partial charge is 0.0372 e. The summed E-state index contributed by atoms with van der Waals surface area (Å²) in [7, 11) is 0. The van der Waals surface area contributed by atoms with Gasteiger partial charge in [0.25, 0.3) is 0 Å². The molecule has 0 amide bonds. The minimum atomic E-state index is 0.422. The summed E-state index contributed by atoms with van der Waals surface area (Å²) in [6, 6.07) is 4.26. The zero-order valence-corrected chi connectivity index (χ0v) is 9.09. The predicted molar refractivity (Wildman–Crippen MR) is 56.8 cm³/mol. The minimum absolute atomic E-state index is 0.422. The van der Waals surface area contributed by atoms with E-state index in [2.05, 4.69) is 37.9 Å². The quantitative estimate of drug-likeness (QED) is 0.675. The molecule has 0 bridgehead atoms. The van der Waals surface area contributed by atoms with E-state index in [0.29, 0.717) is 5.41 Å². The molecule has 0 radical (unpaired) electrons. The van der Waals surface area contributed by atoms with Crippen molar-refractivity contribution in [1.82, 2.24) is 4.98 Å². The predicted octanol–water partition coefficient (Wildman–Crippen LogP) is 3.37. The van der Waals surface area contributed by atoms with Crippen molar-refractivity contribution in [2.45, 2.75) is 40.5 Å². The Morgan fingerprint density at radius 3 is 2.38 bits per heavy atom. The molecule has 1 aromatic rings. The van der Waals surface area contributed by atoms with Crippen LogP contribution in [0.25, 0.3) is 0 Å². The molecular weight excluding hydrogens is 158 g/mol. The Morgan fingerprint density at radius 2 is 1.92 bits per heavy atom. The molecule has 0 aliphatic heterocycles. The summed E-state index contributed by atoms with van der Waals surface area (Å²) < 4.78 is 0. The van der Waals surface area contributed by atoms with E-state index in [1.807, 2.05) is 13.1 Å². The first kappa shape index (κ1) is 10.2. The fourth-order valence-electron chi connectivity index (χ4n) is 1.17. The monoisotopic (exact) mass is 177 g/mol. The molecule has 0 saturated carbocycles. The van der Waals surface area contributed by atoms with Gasteiger partial charge in [-0.1, -0.05) is 26.8 Å². The van der Waals surface area contributed by atoms with Gasteiger partial charge in [-0.3, -0.25) is 4.98 Å². The van der Waals surface area contributed by atoms with Crippen LogP contribution in [-0.2, 0) is 6.42 Å². The lowest BCUT2D eigenvalue weighted by Crippen LogP contribution is -2.06. The summed E-state index contributed by atoms with van der Waals surface area (Å²) in [4.78, 5) is 4.28. The second-order valence-corrected chi connectivity index (χ2v) is 4.87. The van der Waals surface area contributed by atoms with Gasteiger partial charge in [-0.25, -0.2) is 0 Å². The van der Waals surface area contributed by atoms with E-state index in [4.69, 9.17) is 0 Å². The molecule has 0 atom stereocenters. The summed E-state index contributed by atoms with van der Waals surface area (Å²) in [5.41, 5.74) is 2.87. The third-order valence-corrected chi connectivity index (χ3v) is 2.14. The number of aromatic nitrogens is 1. The lowest BCUT2D eigenvalue weighted by molar-refractivity contribution is 0.378. The highest BCUT2D eigenvalue weighted by molar-refractivity contribution is 5.13. The van der Waals surface area contributed by atoms with Gasteiger partial charge in [0.05, 0.1) is 0 Å². The molecule has 1 heterocycles. The molecule has 0 N–H and O–H groups in total. The van der Waals surface area contributed by atoms with Crippen LogP contribution in [0.3, 0.4) is 0 Å². The van der Waals surface area contributed by atoms with Crippen molar-refractivity contribution in [2.24, 2.45) is 5.41 Å². The van der Waals surface area contributed by atoms with Gasteiger partial charge in [-0.2, -0.15) is 0 Å². The van der Waals surface area contributed by atoms with Crippen molar-refractivity contribution in [3.63, 3.8) is 0 Å². The standard InChI is InChI=1S/C12H19N/c1-10-5-6-11(9-13-10)7-8-12(2,3)4/h5-6,9H,7-8H2,1-4H3. The second-order valence-electron chi connectivity index (χ2n) is 4.87. The average Bonchev–Trinajstić information content (AvgIpc) is 2.02. The van der Waals surface area contributed by atoms with E-state index in [9.17, 15) is 0 Å². The van der Waals surface area contributed by atoms with Crippen LogP contribution < -0.4 is 0 Å². The minimum Gasteiger partial charge on any atom is -0.261 e. The Balaban J connectivity index is 2.51. The first-order valence-corrected chi connectivity index (χ1v) is 4.89. The molecule has 1 nitrogen and oxygen atoms in total. The van der Waals surface area contributed by atoms with Crippen molar-refractivity contribution in [1.29, 1.82) is 0 Å². The molecule has 0 spiro atoms. The van der Waals surface area contributed by atoms with Crippen LogP contribution in [0.4, 0.5) is 0 Å². The molecule has 72 valence electrons. The first-order valence-electron chi connectivity index (χ1n) is 4.89. The molecule has 1 heteroatoms. The number of aryl methyl sites for hydroxylation is 2. The van der Waals surface area contributed by atoms with Gasteiger partial charge in [0, 0.05) is 11.9 Å². The lowest BCUT2D eigenvalue weighted by atomic mass is 9.89. The number of hydrogen-bond acceptors (Lipinski definition) is 1. The zero-order chi connectivity index (χ0) is 9.90. The molecule has 0 fully saturated rings. The topological polar surface area (TPSA) is 12.9 Å². The maximum Gasteiger partial charge on any atom is 0.0372 e. The Kier molecular flexibility index (Phi) is 3.07. The number of pyridine rings is 1. The lowest BCUT2D eigenvalue weighted by Gasteiger charge is -2.17. The Labute approximate surface area is 81.2 Å². The van der Waals surface area contributed by atoms with Gasteiger partial charge in [-0.15, -0.1) is 0 Å². The van der Waals surface area contributed by atoms with Crippen LogP contribution in [0.5, 0.6) is 0 Å². The largest absolute Gasteiger partial charge is 0.261 e. The Morgan fingerprint density at radius 1 is 1.23 bits per heavy atom. The van der Waals surface area contributed by atoms with Gasteiger partial charge >= 0.3 is 0 Å². The van der Waals surface area contributed by atoms with Crippen molar-refractivity contribution in [3.05, 3.63) is 29.6 Å². The SMILES string of the molecule is Cc1ccc(CCC(C)(C)C)cn1. The fraction of sp³-hybridized carbons (Fsp3) is 0.583. The maximum atomic E-state index is 4.28. The maximum absolute atomic E-state index is 4.28. The van der Waals surface area contributed by atoms with Crippen LogP contribution in [0.15, 0.2) is 18.3 Å². The number of hydrogen-bond donors (Lipinski definition) is 0. The van der Waals surface area contributed by atoms with E-state index >= 15 is 0 Å². The number of rotatable bonds is 2. The van der Waals surface area contributed by atoms with E-state index in [-0.39, 0.29) is 0 Å². The van der Waals surface area contributed by atoms with E-state index in [1.54, 1.807) is 0 Å². The summed E-state index contributed by atoms with van der Waals surface area (Å²) >= 11 is 0. The van der Waals surface area contributed by atoms with E-state index < -0.39 is 0 Å². The van der Waals surface area contributed by atoms with Crippen LogP contribution in [-0.4, -0.2) is 4.98 Å². The van der Waals surface area contributed by atoms with Crippen LogP contribution >= 0.6 is 0 Å². The third kappa shape index (κ3) is 4.07. The van der Waals surface area contributed by atoms with Crippen LogP contribution in [0, 0.1) is 12.3 Å². The highest BCUT2D eigenvalue weighted by atomic mass is 14.7. The first-order chi connectivity index (χ1) is 5.97. The summed E-state index contributed by atoms with van der Waals surface area (Å²) in [6.45, 7) is 8.84. The summed E-state index contributed by atoms with van der Waals surface area (Å²) in [5, 5.41) is 0. The van der Waals surface area contributed by atoms with Crippen molar-refractivity contribution >= 4 is 0 Å². The van der Waals surface area contributed by atoms with Crippen LogP contribution in [0.2, 0.25) is 0 Å². The molecule has 1 aromatic heterocycles. The molecule has 0 saturated heterocycles. The van der Waals surface area contributed by atoms with Crippen molar-refractivity contribution in [3.8, 4) is 0 Å². The van der Waals surface area contributed by atoms with Gasteiger partial charge in [0.2, 0.25) is 0 Å². The average molecular weight is 177 g/mol. The second kappa shape index (κ2) is 3.91. The molecular formula is C12H19N. The molecule has 0 aromatic carbocycles. The van der Waals surface area contributed by atoms with Gasteiger partial charge in [-0.05, 0) is 36.8 Å². The normalized spacial score (nSPS) is 11.7. The Hall–Kier alpha value is -0.850. The van der Waals surface area contributed by atoms with E-state index in [1.165, 1.54) is 12.0 Å². The van der Waals surface area contributed by atoms with E-state index in [0.717, 1.165) is 12.1 Å². The van der Waals surface area contributed by atoms with Gasteiger partial charge in [0.15, 0.2) is 0 Å². The highest BCUT2D eigenvalue weighted by Gasteiger charge is 2.09. The molecule has 0 unspecified atom stereocenters. The molecule has 0 aliphatic carbocycles.